The summed E-state index contributed by atoms with van der Waals surface area (Å²) in [7, 11) is 0. The fraction of sp³-hybridized carbons (Fsp3) is 0.538. The van der Waals surface area contributed by atoms with Crippen molar-refractivity contribution in [2.24, 2.45) is 5.41 Å². The molecule has 0 fully saturated rings. The van der Waals surface area contributed by atoms with E-state index in [9.17, 15) is 4.79 Å². The molecule has 2 aromatic rings. The molecule has 0 radical (unpaired) electrons. The van der Waals surface area contributed by atoms with Gasteiger partial charge in [-0.1, -0.05) is 20.8 Å². The molecule has 0 atom stereocenters. The molecule has 2 rings (SSSR count). The maximum atomic E-state index is 11.8. The molecule has 92 valence electrons. The molecule has 0 unspecified atom stereocenters. The lowest BCUT2D eigenvalue weighted by atomic mass is 9.88. The van der Waals surface area contributed by atoms with Crippen LogP contribution < -0.4 is 0 Å². The van der Waals surface area contributed by atoms with Crippen LogP contribution in [-0.4, -0.2) is 15.2 Å². The maximum absolute atomic E-state index is 11.8. The number of carbonyl (C=O) groups is 1. The molecular formula is C13H18N2OS. The van der Waals surface area contributed by atoms with E-state index in [1.165, 1.54) is 0 Å². The van der Waals surface area contributed by atoms with E-state index in [-0.39, 0.29) is 5.41 Å². The van der Waals surface area contributed by atoms with Gasteiger partial charge in [0.1, 0.15) is 5.78 Å². The van der Waals surface area contributed by atoms with Gasteiger partial charge in [-0.15, -0.1) is 11.3 Å². The molecule has 0 amide bonds. The molecule has 0 N–H and O–H groups in total. The molecule has 0 aliphatic rings. The number of aromatic nitrogens is 2. The van der Waals surface area contributed by atoms with Crippen molar-refractivity contribution in [1.82, 2.24) is 9.38 Å². The zero-order valence-electron chi connectivity index (χ0n) is 10.6. The van der Waals surface area contributed by atoms with Gasteiger partial charge < -0.3 is 0 Å². The van der Waals surface area contributed by atoms with Crippen molar-refractivity contribution in [2.45, 2.75) is 40.0 Å². The van der Waals surface area contributed by atoms with Crippen LogP contribution in [0.5, 0.6) is 0 Å². The second-order valence-electron chi connectivity index (χ2n) is 5.35. The van der Waals surface area contributed by atoms with E-state index in [1.807, 2.05) is 42.9 Å². The number of hydrogen-bond acceptors (Lipinski definition) is 3. The number of hydrogen-bond donors (Lipinski definition) is 0. The Bertz CT molecular complexity index is 490. The fourth-order valence-corrected chi connectivity index (χ4v) is 2.42. The minimum Gasteiger partial charge on any atom is -0.299 e. The van der Waals surface area contributed by atoms with Crippen LogP contribution in [0.3, 0.4) is 0 Å². The zero-order chi connectivity index (χ0) is 12.5. The van der Waals surface area contributed by atoms with Gasteiger partial charge in [0.2, 0.25) is 0 Å². The lowest BCUT2D eigenvalue weighted by Gasteiger charge is -2.15. The summed E-state index contributed by atoms with van der Waals surface area (Å²) in [6.45, 7) is 5.92. The molecule has 0 aliphatic carbocycles. The van der Waals surface area contributed by atoms with E-state index in [0.717, 1.165) is 23.5 Å². The highest BCUT2D eigenvalue weighted by atomic mass is 32.1. The lowest BCUT2D eigenvalue weighted by molar-refractivity contribution is -0.126. The summed E-state index contributed by atoms with van der Waals surface area (Å²) in [5.41, 5.74) is 0.868. The Hall–Kier alpha value is -1.16. The number of fused-ring (bicyclic) bond motifs is 1. The number of aryl methyl sites for hydroxylation is 1. The van der Waals surface area contributed by atoms with Crippen LogP contribution in [-0.2, 0) is 11.2 Å². The van der Waals surface area contributed by atoms with E-state index >= 15 is 0 Å². The molecule has 0 saturated heterocycles. The minimum absolute atomic E-state index is 0.214. The van der Waals surface area contributed by atoms with Crippen molar-refractivity contribution in [3.63, 3.8) is 0 Å². The Balaban J connectivity index is 1.87. The van der Waals surface area contributed by atoms with E-state index < -0.39 is 0 Å². The van der Waals surface area contributed by atoms with Crippen LogP contribution in [0, 0.1) is 5.41 Å². The van der Waals surface area contributed by atoms with Crippen LogP contribution in [0.1, 0.15) is 39.3 Å². The normalized spacial score (nSPS) is 12.2. The van der Waals surface area contributed by atoms with Gasteiger partial charge in [0.25, 0.3) is 0 Å². The van der Waals surface area contributed by atoms with E-state index in [2.05, 4.69) is 4.98 Å². The minimum atomic E-state index is -0.214. The molecule has 2 heterocycles. The molecular weight excluding hydrogens is 232 g/mol. The largest absolute Gasteiger partial charge is 0.299 e. The van der Waals surface area contributed by atoms with E-state index in [4.69, 9.17) is 0 Å². The second kappa shape index (κ2) is 4.61. The van der Waals surface area contributed by atoms with E-state index in [0.29, 0.717) is 12.2 Å². The summed E-state index contributed by atoms with van der Waals surface area (Å²) >= 11 is 1.64. The standard InChI is InChI=1S/C13H18N2OS/c1-13(2,3)11(16)6-4-5-10-9-15-7-8-17-12(15)14-10/h7-9H,4-6H2,1-3H3. The molecule has 3 nitrogen and oxygen atoms in total. The third-order valence-corrected chi connectivity index (χ3v) is 3.59. The molecule has 17 heavy (non-hydrogen) atoms. The highest BCUT2D eigenvalue weighted by molar-refractivity contribution is 7.15. The van der Waals surface area contributed by atoms with Gasteiger partial charge in [0.05, 0.1) is 5.69 Å². The monoisotopic (exact) mass is 250 g/mol. The van der Waals surface area contributed by atoms with Crippen LogP contribution >= 0.6 is 11.3 Å². The Labute approximate surface area is 105 Å². The van der Waals surface area contributed by atoms with Crippen molar-refractivity contribution in [1.29, 1.82) is 0 Å². The first-order chi connectivity index (χ1) is 7.97. The summed E-state index contributed by atoms with van der Waals surface area (Å²) in [4.78, 5) is 17.3. The second-order valence-corrected chi connectivity index (χ2v) is 6.22. The van der Waals surface area contributed by atoms with Crippen LogP contribution in [0.25, 0.3) is 4.96 Å². The molecule has 0 aliphatic heterocycles. The number of thiazole rings is 1. The number of Topliss-reactive ketones (excluding diaryl/α,β-unsaturated/α-hetero) is 1. The van der Waals surface area contributed by atoms with Gasteiger partial charge in [-0.05, 0) is 12.8 Å². The third kappa shape index (κ3) is 2.94. The van der Waals surface area contributed by atoms with Crippen molar-refractivity contribution < 1.29 is 4.79 Å². The maximum Gasteiger partial charge on any atom is 0.193 e. The predicted octanol–water partition coefficient (Wildman–Crippen LogP) is 3.33. The number of rotatable bonds is 4. The number of imidazole rings is 1. The van der Waals surface area contributed by atoms with Gasteiger partial charge in [0, 0.05) is 29.6 Å². The number of ketones is 1. The fourth-order valence-electron chi connectivity index (χ4n) is 1.70. The van der Waals surface area contributed by atoms with Crippen molar-refractivity contribution in [3.8, 4) is 0 Å². The SMILES string of the molecule is CC(C)(C)C(=O)CCCc1cn2ccsc2n1. The van der Waals surface area contributed by atoms with Gasteiger partial charge >= 0.3 is 0 Å². The van der Waals surface area contributed by atoms with Crippen LogP contribution in [0.2, 0.25) is 0 Å². The Morgan fingerprint density at radius 1 is 1.47 bits per heavy atom. The number of carbonyl (C=O) groups excluding carboxylic acids is 1. The number of nitrogens with zero attached hydrogens (tertiary/aromatic N) is 2. The Kier molecular flexibility index (Phi) is 3.33. The average molecular weight is 250 g/mol. The summed E-state index contributed by atoms with van der Waals surface area (Å²) in [6.07, 6.45) is 6.48. The Morgan fingerprint density at radius 2 is 2.24 bits per heavy atom. The molecule has 0 aromatic carbocycles. The van der Waals surface area contributed by atoms with Crippen molar-refractivity contribution in [3.05, 3.63) is 23.5 Å². The Morgan fingerprint density at radius 3 is 2.88 bits per heavy atom. The van der Waals surface area contributed by atoms with Crippen molar-refractivity contribution in [2.75, 3.05) is 0 Å². The van der Waals surface area contributed by atoms with Crippen LogP contribution in [0.15, 0.2) is 17.8 Å². The topological polar surface area (TPSA) is 34.4 Å². The predicted molar refractivity (Wildman–Crippen MR) is 70.5 cm³/mol. The molecule has 2 aromatic heterocycles. The smallest absolute Gasteiger partial charge is 0.193 e. The lowest BCUT2D eigenvalue weighted by Crippen LogP contribution is -2.19. The molecule has 0 saturated carbocycles. The molecule has 4 heteroatoms. The van der Waals surface area contributed by atoms with Gasteiger partial charge in [0.15, 0.2) is 4.96 Å². The summed E-state index contributed by atoms with van der Waals surface area (Å²) < 4.78 is 2.03. The van der Waals surface area contributed by atoms with Gasteiger partial charge in [-0.2, -0.15) is 0 Å². The summed E-state index contributed by atoms with van der Waals surface area (Å²) in [5, 5.41) is 2.02. The first-order valence-electron chi connectivity index (χ1n) is 5.91. The third-order valence-electron chi connectivity index (χ3n) is 2.82. The summed E-state index contributed by atoms with van der Waals surface area (Å²) in [6, 6.07) is 0. The average Bonchev–Trinajstić information content (AvgIpc) is 2.75. The first-order valence-corrected chi connectivity index (χ1v) is 6.79. The van der Waals surface area contributed by atoms with Gasteiger partial charge in [-0.3, -0.25) is 9.20 Å². The molecule has 0 bridgehead atoms. The highest BCUT2D eigenvalue weighted by Gasteiger charge is 2.20. The first kappa shape index (κ1) is 12.3. The summed E-state index contributed by atoms with van der Waals surface area (Å²) in [5.74, 6) is 0.332. The zero-order valence-corrected chi connectivity index (χ0v) is 11.4. The highest BCUT2D eigenvalue weighted by Crippen LogP contribution is 2.19. The molecule has 0 spiro atoms. The van der Waals surface area contributed by atoms with Crippen LogP contribution in [0.4, 0.5) is 0 Å². The van der Waals surface area contributed by atoms with Crippen molar-refractivity contribution >= 4 is 22.1 Å². The quantitative estimate of drug-likeness (QED) is 0.834. The van der Waals surface area contributed by atoms with E-state index in [1.54, 1.807) is 11.3 Å². The van der Waals surface area contributed by atoms with Gasteiger partial charge in [-0.25, -0.2) is 4.98 Å².